The summed E-state index contributed by atoms with van der Waals surface area (Å²) in [5, 5.41) is 0. The molecule has 0 spiro atoms. The summed E-state index contributed by atoms with van der Waals surface area (Å²) in [5.74, 6) is 1.99. The molecule has 1 aliphatic heterocycles. The van der Waals surface area contributed by atoms with Crippen LogP contribution in [-0.2, 0) is 0 Å². The van der Waals surface area contributed by atoms with Gasteiger partial charge in [-0.2, -0.15) is 0 Å². The lowest BCUT2D eigenvalue weighted by atomic mass is 9.84. The molecule has 0 aromatic heterocycles. The van der Waals surface area contributed by atoms with E-state index in [0.29, 0.717) is 11.8 Å². The predicted octanol–water partition coefficient (Wildman–Crippen LogP) is 4.54. The van der Waals surface area contributed by atoms with Gasteiger partial charge in [0.15, 0.2) is 0 Å². The summed E-state index contributed by atoms with van der Waals surface area (Å²) >= 11 is 0. The summed E-state index contributed by atoms with van der Waals surface area (Å²) in [4.78, 5) is 2.62. The third kappa shape index (κ3) is 4.00. The highest BCUT2D eigenvalue weighted by molar-refractivity contribution is 5.54. The summed E-state index contributed by atoms with van der Waals surface area (Å²) in [5.41, 5.74) is 11.4. The van der Waals surface area contributed by atoms with Gasteiger partial charge in [-0.3, -0.25) is 0 Å². The fraction of sp³-hybridized carbons (Fsp3) is 0.684. The van der Waals surface area contributed by atoms with Crippen molar-refractivity contribution >= 4 is 5.69 Å². The molecule has 0 amide bonds. The molecule has 0 saturated carbocycles. The molecule has 118 valence electrons. The minimum absolute atomic E-state index is 0.505. The maximum atomic E-state index is 6.19. The first-order chi connectivity index (χ1) is 9.88. The monoisotopic (exact) mass is 288 g/mol. The number of nitrogens with zero attached hydrogens (tertiary/aromatic N) is 1. The number of nitrogen functional groups attached to an aromatic ring is 1. The van der Waals surface area contributed by atoms with E-state index >= 15 is 0 Å². The maximum Gasteiger partial charge on any atom is 0.0352 e. The van der Waals surface area contributed by atoms with Crippen LogP contribution in [0.15, 0.2) is 12.1 Å². The second-order valence-corrected chi connectivity index (χ2v) is 7.46. The zero-order chi connectivity index (χ0) is 15.6. The Kier molecular flexibility index (Phi) is 5.32. The minimum Gasteiger partial charge on any atom is -0.398 e. The smallest absolute Gasteiger partial charge is 0.0352 e. The molecule has 1 saturated heterocycles. The van der Waals surface area contributed by atoms with Crippen LogP contribution in [0.3, 0.4) is 0 Å². The molecule has 0 bridgehead atoms. The van der Waals surface area contributed by atoms with E-state index in [1.165, 1.54) is 49.2 Å². The minimum atomic E-state index is 0.505. The van der Waals surface area contributed by atoms with Crippen LogP contribution >= 0.6 is 0 Å². The average Bonchev–Trinajstić information content (AvgIpc) is 2.39. The summed E-state index contributed by atoms with van der Waals surface area (Å²) in [6, 6.07) is 4.57. The highest BCUT2D eigenvalue weighted by Crippen LogP contribution is 2.34. The lowest BCUT2D eigenvalue weighted by molar-refractivity contribution is 0.192. The fourth-order valence-corrected chi connectivity index (χ4v) is 3.65. The molecule has 1 fully saturated rings. The van der Waals surface area contributed by atoms with Crippen molar-refractivity contribution in [3.8, 4) is 0 Å². The van der Waals surface area contributed by atoms with Gasteiger partial charge >= 0.3 is 0 Å². The summed E-state index contributed by atoms with van der Waals surface area (Å²) in [7, 11) is 0. The van der Waals surface area contributed by atoms with Crippen LogP contribution < -0.4 is 5.73 Å². The van der Waals surface area contributed by atoms with Crippen LogP contribution in [0.5, 0.6) is 0 Å². The molecule has 1 aromatic carbocycles. The molecular formula is C19H32N2. The summed E-state index contributed by atoms with van der Waals surface area (Å²) in [6.45, 7) is 15.0. The van der Waals surface area contributed by atoms with Gasteiger partial charge in [-0.25, -0.2) is 0 Å². The highest BCUT2D eigenvalue weighted by atomic mass is 15.1. The van der Waals surface area contributed by atoms with Gasteiger partial charge in [0.25, 0.3) is 0 Å². The van der Waals surface area contributed by atoms with Crippen molar-refractivity contribution in [3.63, 3.8) is 0 Å². The van der Waals surface area contributed by atoms with Gasteiger partial charge in [-0.05, 0) is 73.4 Å². The molecule has 2 rings (SSSR count). The van der Waals surface area contributed by atoms with Crippen molar-refractivity contribution in [1.82, 2.24) is 4.90 Å². The van der Waals surface area contributed by atoms with Crippen molar-refractivity contribution in [2.45, 2.75) is 59.3 Å². The average molecular weight is 288 g/mol. The Morgan fingerprint density at radius 1 is 1.14 bits per heavy atom. The van der Waals surface area contributed by atoms with Crippen LogP contribution in [0.4, 0.5) is 5.69 Å². The van der Waals surface area contributed by atoms with Crippen LogP contribution in [0.2, 0.25) is 0 Å². The van der Waals surface area contributed by atoms with Gasteiger partial charge in [0, 0.05) is 12.2 Å². The van der Waals surface area contributed by atoms with E-state index in [1.54, 1.807) is 0 Å². The number of hydrogen-bond acceptors (Lipinski definition) is 2. The van der Waals surface area contributed by atoms with Crippen molar-refractivity contribution in [2.75, 3.05) is 25.4 Å². The molecule has 2 N–H and O–H groups in total. The topological polar surface area (TPSA) is 29.3 Å². The van der Waals surface area contributed by atoms with E-state index in [4.69, 9.17) is 5.73 Å². The van der Waals surface area contributed by atoms with Gasteiger partial charge < -0.3 is 10.6 Å². The number of anilines is 1. The third-order valence-electron chi connectivity index (χ3n) is 4.74. The molecule has 1 heterocycles. The van der Waals surface area contributed by atoms with Gasteiger partial charge in [-0.15, -0.1) is 0 Å². The zero-order valence-corrected chi connectivity index (χ0v) is 14.4. The molecule has 21 heavy (non-hydrogen) atoms. The van der Waals surface area contributed by atoms with Crippen LogP contribution in [0.25, 0.3) is 0 Å². The Bertz CT molecular complexity index is 469. The first-order valence-corrected chi connectivity index (χ1v) is 8.50. The Hall–Kier alpha value is -1.02. The normalized spacial score (nSPS) is 17.9. The number of nitrogens with two attached hydrogens (primary N) is 1. The quantitative estimate of drug-likeness (QED) is 0.824. The molecule has 0 atom stereocenters. The zero-order valence-electron chi connectivity index (χ0n) is 14.4. The number of rotatable bonds is 4. The third-order valence-corrected chi connectivity index (χ3v) is 4.74. The maximum absolute atomic E-state index is 6.19. The molecule has 0 unspecified atom stereocenters. The molecule has 2 nitrogen and oxygen atoms in total. The predicted molar refractivity (Wildman–Crippen MR) is 92.9 cm³/mol. The first-order valence-electron chi connectivity index (χ1n) is 8.50. The van der Waals surface area contributed by atoms with Gasteiger partial charge in [0.1, 0.15) is 0 Å². The first kappa shape index (κ1) is 16.4. The van der Waals surface area contributed by atoms with E-state index in [9.17, 15) is 0 Å². The van der Waals surface area contributed by atoms with E-state index in [-0.39, 0.29) is 0 Å². The number of piperidine rings is 1. The number of hydrogen-bond donors (Lipinski definition) is 1. The summed E-state index contributed by atoms with van der Waals surface area (Å²) in [6.07, 6.45) is 2.57. The molecule has 2 heteroatoms. The second-order valence-electron chi connectivity index (χ2n) is 7.46. The van der Waals surface area contributed by atoms with Crippen molar-refractivity contribution in [3.05, 3.63) is 28.8 Å². The lowest BCUT2D eigenvalue weighted by Gasteiger charge is -2.34. The summed E-state index contributed by atoms with van der Waals surface area (Å²) < 4.78 is 0. The van der Waals surface area contributed by atoms with E-state index in [1.807, 2.05) is 0 Å². The number of likely N-dealkylation sites (tertiary alicyclic amines) is 1. The Morgan fingerprint density at radius 3 is 2.29 bits per heavy atom. The van der Waals surface area contributed by atoms with Gasteiger partial charge in [0.2, 0.25) is 0 Å². The molecule has 1 aliphatic rings. The second kappa shape index (κ2) is 6.83. The largest absolute Gasteiger partial charge is 0.398 e. The Morgan fingerprint density at radius 2 is 1.76 bits per heavy atom. The SMILES string of the molecule is Cc1cc(N)c(C(C)C)cc1C1CCN(CC(C)C)CC1. The van der Waals surface area contributed by atoms with Crippen LogP contribution in [0.1, 0.15) is 69.1 Å². The van der Waals surface area contributed by atoms with Crippen LogP contribution in [-0.4, -0.2) is 24.5 Å². The molecule has 0 aliphatic carbocycles. The van der Waals surface area contributed by atoms with Crippen molar-refractivity contribution in [1.29, 1.82) is 0 Å². The fourth-order valence-electron chi connectivity index (χ4n) is 3.65. The van der Waals surface area contributed by atoms with E-state index in [0.717, 1.165) is 11.6 Å². The number of aryl methyl sites for hydroxylation is 1. The van der Waals surface area contributed by atoms with Gasteiger partial charge in [0.05, 0.1) is 0 Å². The van der Waals surface area contributed by atoms with Crippen LogP contribution in [0, 0.1) is 12.8 Å². The van der Waals surface area contributed by atoms with Crippen molar-refractivity contribution in [2.24, 2.45) is 5.92 Å². The standard InChI is InChI=1S/C19H32N2/c1-13(2)12-21-8-6-16(7-9-21)18-11-17(14(3)4)19(20)10-15(18)5/h10-11,13-14,16H,6-9,12,20H2,1-5H3. The molecule has 1 aromatic rings. The van der Waals surface area contributed by atoms with Gasteiger partial charge in [-0.1, -0.05) is 33.8 Å². The molecular weight excluding hydrogens is 256 g/mol. The van der Waals surface area contributed by atoms with E-state index < -0.39 is 0 Å². The Balaban J connectivity index is 2.11. The number of benzene rings is 1. The Labute approximate surface area is 130 Å². The lowest BCUT2D eigenvalue weighted by Crippen LogP contribution is -2.35. The molecule has 0 radical (unpaired) electrons. The highest BCUT2D eigenvalue weighted by Gasteiger charge is 2.23. The van der Waals surface area contributed by atoms with E-state index in [2.05, 4.69) is 51.7 Å². The van der Waals surface area contributed by atoms with Crippen molar-refractivity contribution < 1.29 is 0 Å².